The third kappa shape index (κ3) is 5.98. The maximum atomic E-state index is 12.2. The predicted molar refractivity (Wildman–Crippen MR) is 85.6 cm³/mol. The van der Waals surface area contributed by atoms with Crippen molar-refractivity contribution in [1.82, 2.24) is 10.2 Å². The molecule has 0 aliphatic heterocycles. The van der Waals surface area contributed by atoms with Gasteiger partial charge in [0, 0.05) is 19.3 Å². The van der Waals surface area contributed by atoms with Crippen LogP contribution in [0.3, 0.4) is 0 Å². The van der Waals surface area contributed by atoms with Crippen LogP contribution < -0.4 is 5.32 Å². The summed E-state index contributed by atoms with van der Waals surface area (Å²) in [5, 5.41) is 3.00. The van der Waals surface area contributed by atoms with Crippen molar-refractivity contribution in [2.45, 2.75) is 72.1 Å². The van der Waals surface area contributed by atoms with Gasteiger partial charge in [0.2, 0.25) is 0 Å². The second-order valence-corrected chi connectivity index (χ2v) is 6.01. The van der Waals surface area contributed by atoms with E-state index >= 15 is 0 Å². The number of nitrogens with zero attached hydrogens (tertiary/aromatic N) is 1. The van der Waals surface area contributed by atoms with E-state index in [2.05, 4.69) is 26.1 Å². The first-order valence-electron chi connectivity index (χ1n) is 8.41. The van der Waals surface area contributed by atoms with E-state index in [0.717, 1.165) is 38.8 Å². The Morgan fingerprint density at radius 3 is 2.20 bits per heavy atom. The largest absolute Gasteiger partial charge is 0.325 e. The number of hydrogen-bond donors (Lipinski definition) is 1. The van der Waals surface area contributed by atoms with E-state index in [1.165, 1.54) is 31.3 Å². The van der Waals surface area contributed by atoms with Crippen molar-refractivity contribution < 1.29 is 4.79 Å². The van der Waals surface area contributed by atoms with Gasteiger partial charge in [0.1, 0.15) is 0 Å². The minimum Gasteiger partial charge on any atom is -0.325 e. The minimum atomic E-state index is 0.0734. The van der Waals surface area contributed by atoms with Crippen LogP contribution in [0.15, 0.2) is 11.8 Å². The minimum absolute atomic E-state index is 0.0734. The highest BCUT2D eigenvalue weighted by Gasteiger charge is 2.17. The normalized spacial score (nSPS) is 16.4. The molecule has 0 atom stereocenters. The second kappa shape index (κ2) is 9.84. The summed E-state index contributed by atoms with van der Waals surface area (Å²) < 4.78 is 0. The van der Waals surface area contributed by atoms with Crippen molar-refractivity contribution in [2.75, 3.05) is 13.1 Å². The first kappa shape index (κ1) is 17.1. The summed E-state index contributed by atoms with van der Waals surface area (Å²) in [6, 6.07) is 0.0734. The number of carbonyl (C=O) groups is 1. The summed E-state index contributed by atoms with van der Waals surface area (Å²) in [6.07, 6.45) is 11.6. The van der Waals surface area contributed by atoms with Crippen LogP contribution in [0, 0.1) is 5.92 Å². The Labute approximate surface area is 124 Å². The molecule has 0 aromatic heterocycles. The number of allylic oxidation sites excluding steroid dienone is 1. The molecule has 1 saturated carbocycles. The van der Waals surface area contributed by atoms with Gasteiger partial charge in [-0.1, -0.05) is 45.1 Å². The SMILES string of the molecule is CCCCN(CCCC)C(=O)N/C=C(\C)C1CCCC1. The van der Waals surface area contributed by atoms with E-state index in [-0.39, 0.29) is 6.03 Å². The van der Waals surface area contributed by atoms with Crippen LogP contribution >= 0.6 is 0 Å². The van der Waals surface area contributed by atoms with Gasteiger partial charge in [0.25, 0.3) is 0 Å². The zero-order chi connectivity index (χ0) is 14.8. The molecular weight excluding hydrogens is 248 g/mol. The van der Waals surface area contributed by atoms with Gasteiger partial charge in [-0.05, 0) is 38.5 Å². The molecule has 0 aromatic rings. The Morgan fingerprint density at radius 2 is 1.70 bits per heavy atom. The van der Waals surface area contributed by atoms with Gasteiger partial charge >= 0.3 is 6.03 Å². The van der Waals surface area contributed by atoms with Gasteiger partial charge in [-0.3, -0.25) is 0 Å². The molecule has 0 aromatic carbocycles. The fourth-order valence-corrected chi connectivity index (χ4v) is 2.78. The van der Waals surface area contributed by atoms with Crippen molar-refractivity contribution in [3.8, 4) is 0 Å². The topological polar surface area (TPSA) is 32.3 Å². The molecule has 2 amide bonds. The molecule has 1 fully saturated rings. The van der Waals surface area contributed by atoms with E-state index < -0.39 is 0 Å². The van der Waals surface area contributed by atoms with E-state index in [1.807, 2.05) is 11.1 Å². The van der Waals surface area contributed by atoms with E-state index in [9.17, 15) is 4.79 Å². The maximum absolute atomic E-state index is 12.2. The lowest BCUT2D eigenvalue weighted by atomic mass is 10.0. The van der Waals surface area contributed by atoms with Gasteiger partial charge in [0.05, 0.1) is 0 Å². The number of amides is 2. The average molecular weight is 280 g/mol. The molecule has 0 radical (unpaired) electrons. The molecule has 1 aliphatic carbocycles. The van der Waals surface area contributed by atoms with E-state index in [0.29, 0.717) is 5.92 Å². The van der Waals surface area contributed by atoms with Gasteiger partial charge in [-0.25, -0.2) is 4.79 Å². The number of unbranched alkanes of at least 4 members (excludes halogenated alkanes) is 2. The molecule has 3 nitrogen and oxygen atoms in total. The van der Waals surface area contributed by atoms with E-state index in [4.69, 9.17) is 0 Å². The van der Waals surface area contributed by atoms with Gasteiger partial charge in [-0.2, -0.15) is 0 Å². The molecule has 20 heavy (non-hydrogen) atoms. The second-order valence-electron chi connectivity index (χ2n) is 6.01. The first-order chi connectivity index (χ1) is 9.69. The molecule has 3 heteroatoms. The molecule has 1 N–H and O–H groups in total. The maximum Gasteiger partial charge on any atom is 0.321 e. The summed E-state index contributed by atoms with van der Waals surface area (Å²) in [6.45, 7) is 8.23. The third-order valence-corrected chi connectivity index (χ3v) is 4.27. The zero-order valence-electron chi connectivity index (χ0n) is 13.6. The number of rotatable bonds is 8. The van der Waals surface area contributed by atoms with Crippen molar-refractivity contribution in [2.24, 2.45) is 5.92 Å². The summed E-state index contributed by atoms with van der Waals surface area (Å²) in [5.74, 6) is 0.690. The summed E-state index contributed by atoms with van der Waals surface area (Å²) in [7, 11) is 0. The Morgan fingerprint density at radius 1 is 1.15 bits per heavy atom. The molecule has 0 heterocycles. The molecule has 0 unspecified atom stereocenters. The monoisotopic (exact) mass is 280 g/mol. The van der Waals surface area contributed by atoms with Crippen LogP contribution in [0.25, 0.3) is 0 Å². The van der Waals surface area contributed by atoms with Crippen molar-refractivity contribution in [3.63, 3.8) is 0 Å². The third-order valence-electron chi connectivity index (χ3n) is 4.27. The number of nitrogens with one attached hydrogen (secondary N) is 1. The lowest BCUT2D eigenvalue weighted by molar-refractivity contribution is 0.199. The Kier molecular flexibility index (Phi) is 8.40. The summed E-state index contributed by atoms with van der Waals surface area (Å²) >= 11 is 0. The van der Waals surface area contributed by atoms with Crippen LogP contribution in [0.4, 0.5) is 4.79 Å². The lowest BCUT2D eigenvalue weighted by Crippen LogP contribution is -2.39. The quantitative estimate of drug-likeness (QED) is 0.687. The highest BCUT2D eigenvalue weighted by atomic mass is 16.2. The van der Waals surface area contributed by atoms with Crippen molar-refractivity contribution >= 4 is 6.03 Å². The van der Waals surface area contributed by atoms with Crippen LogP contribution in [-0.4, -0.2) is 24.0 Å². The number of carbonyl (C=O) groups excluding carboxylic acids is 1. The molecular formula is C17H32N2O. The average Bonchev–Trinajstić information content (AvgIpc) is 2.99. The Balaban J connectivity index is 2.44. The van der Waals surface area contributed by atoms with Crippen LogP contribution in [-0.2, 0) is 0 Å². The summed E-state index contributed by atoms with van der Waals surface area (Å²) in [5.41, 5.74) is 1.33. The number of urea groups is 1. The lowest BCUT2D eigenvalue weighted by Gasteiger charge is -2.22. The standard InChI is InChI=1S/C17H32N2O/c1-4-6-12-19(13-7-5-2)17(20)18-14-15(3)16-10-8-9-11-16/h14,16H,4-13H2,1-3H3,(H,18,20)/b15-14+. The number of hydrogen-bond acceptors (Lipinski definition) is 1. The van der Waals surface area contributed by atoms with Crippen LogP contribution in [0.1, 0.15) is 72.1 Å². The van der Waals surface area contributed by atoms with Crippen molar-refractivity contribution in [3.05, 3.63) is 11.8 Å². The molecule has 1 rings (SSSR count). The fourth-order valence-electron chi connectivity index (χ4n) is 2.78. The van der Waals surface area contributed by atoms with Gasteiger partial charge in [-0.15, -0.1) is 0 Å². The molecule has 0 bridgehead atoms. The molecule has 0 spiro atoms. The predicted octanol–water partition coefficient (Wildman–Crippen LogP) is 4.69. The van der Waals surface area contributed by atoms with E-state index in [1.54, 1.807) is 0 Å². The molecule has 1 aliphatic rings. The smallest absolute Gasteiger partial charge is 0.321 e. The van der Waals surface area contributed by atoms with Crippen LogP contribution in [0.5, 0.6) is 0 Å². The Bertz CT molecular complexity index is 298. The molecule has 116 valence electrons. The highest BCUT2D eigenvalue weighted by molar-refractivity contribution is 5.75. The van der Waals surface area contributed by atoms with Crippen molar-refractivity contribution in [1.29, 1.82) is 0 Å². The van der Waals surface area contributed by atoms with Gasteiger partial charge < -0.3 is 10.2 Å². The molecule has 0 saturated heterocycles. The fraction of sp³-hybridized carbons (Fsp3) is 0.824. The highest BCUT2D eigenvalue weighted by Crippen LogP contribution is 2.30. The van der Waals surface area contributed by atoms with Gasteiger partial charge in [0.15, 0.2) is 0 Å². The summed E-state index contributed by atoms with van der Waals surface area (Å²) in [4.78, 5) is 14.2. The zero-order valence-corrected chi connectivity index (χ0v) is 13.6. The first-order valence-corrected chi connectivity index (χ1v) is 8.41. The van der Waals surface area contributed by atoms with Crippen LogP contribution in [0.2, 0.25) is 0 Å². The Hall–Kier alpha value is -0.990.